The van der Waals surface area contributed by atoms with E-state index in [2.05, 4.69) is 53.4 Å². The molecule has 0 fully saturated rings. The van der Waals surface area contributed by atoms with Crippen molar-refractivity contribution >= 4 is 28.6 Å². The summed E-state index contributed by atoms with van der Waals surface area (Å²) < 4.78 is 6.22. The lowest BCUT2D eigenvalue weighted by Gasteiger charge is -2.04. The van der Waals surface area contributed by atoms with Crippen LogP contribution in [0.25, 0.3) is 11.1 Å². The van der Waals surface area contributed by atoms with Gasteiger partial charge in [-0.3, -0.25) is 0 Å². The minimum Gasteiger partial charge on any atom is -0.423 e. The topological polar surface area (TPSA) is 26.3 Å². The molecule has 3 heteroatoms. The number of carbonyl (C=O) groups is 1. The van der Waals surface area contributed by atoms with Crippen LogP contribution in [0.3, 0.4) is 0 Å². The van der Waals surface area contributed by atoms with Crippen molar-refractivity contribution in [3.05, 3.63) is 64.8 Å². The fourth-order valence-corrected chi connectivity index (χ4v) is 1.88. The third kappa shape index (κ3) is 3.20. The van der Waals surface area contributed by atoms with Crippen molar-refractivity contribution in [3.63, 3.8) is 0 Å². The summed E-state index contributed by atoms with van der Waals surface area (Å²) in [5.74, 6) is 0.0752. The summed E-state index contributed by atoms with van der Waals surface area (Å²) in [6.07, 6.45) is 1.15. The van der Waals surface area contributed by atoms with Gasteiger partial charge in [0, 0.05) is 9.65 Å². The number of esters is 1. The molecular weight excluding hydrogens is 339 g/mol. The van der Waals surface area contributed by atoms with E-state index < -0.39 is 5.97 Å². The zero-order valence-electron chi connectivity index (χ0n) is 9.60. The van der Waals surface area contributed by atoms with Crippen LogP contribution in [0.5, 0.6) is 5.75 Å². The summed E-state index contributed by atoms with van der Waals surface area (Å²) in [5, 5.41) is 0. The molecule has 0 aliphatic carbocycles. The van der Waals surface area contributed by atoms with Crippen LogP contribution in [0.1, 0.15) is 0 Å². The van der Waals surface area contributed by atoms with Crippen LogP contribution < -0.4 is 4.74 Å². The van der Waals surface area contributed by atoms with Gasteiger partial charge in [-0.05, 0) is 58.0 Å². The van der Waals surface area contributed by atoms with E-state index >= 15 is 0 Å². The first-order valence-corrected chi connectivity index (χ1v) is 6.47. The predicted octanol–water partition coefficient (Wildman–Crippen LogP) is 4.05. The highest BCUT2D eigenvalue weighted by molar-refractivity contribution is 14.1. The zero-order valence-corrected chi connectivity index (χ0v) is 11.8. The fraction of sp³-hybridized carbons (Fsp3) is 0. The van der Waals surface area contributed by atoms with Crippen LogP contribution in [-0.4, -0.2) is 5.97 Å². The quantitative estimate of drug-likeness (QED) is 0.361. The first-order chi connectivity index (χ1) is 8.69. The minimum atomic E-state index is -0.447. The number of rotatable bonds is 3. The second-order valence-electron chi connectivity index (χ2n) is 3.66. The molecule has 0 bridgehead atoms. The first-order valence-electron chi connectivity index (χ1n) is 5.39. The van der Waals surface area contributed by atoms with E-state index in [4.69, 9.17) is 4.74 Å². The summed E-state index contributed by atoms with van der Waals surface area (Å²) in [6.45, 7) is 3.35. The first kappa shape index (κ1) is 12.8. The number of hydrogen-bond donors (Lipinski definition) is 0. The smallest absolute Gasteiger partial charge is 0.335 e. The van der Waals surface area contributed by atoms with Crippen molar-refractivity contribution in [3.8, 4) is 16.9 Å². The second kappa shape index (κ2) is 5.82. The highest BCUT2D eigenvalue weighted by Crippen LogP contribution is 2.23. The largest absolute Gasteiger partial charge is 0.423 e. The van der Waals surface area contributed by atoms with Crippen LogP contribution in [0, 0.1) is 3.57 Å². The van der Waals surface area contributed by atoms with Gasteiger partial charge in [-0.2, -0.15) is 0 Å². The Morgan fingerprint density at radius 1 is 1.00 bits per heavy atom. The van der Waals surface area contributed by atoms with Crippen molar-refractivity contribution in [2.75, 3.05) is 0 Å². The van der Waals surface area contributed by atoms with Gasteiger partial charge in [0.1, 0.15) is 5.75 Å². The lowest BCUT2D eigenvalue weighted by Crippen LogP contribution is -2.02. The fourth-order valence-electron chi connectivity index (χ4n) is 1.52. The van der Waals surface area contributed by atoms with E-state index in [1.54, 1.807) is 12.1 Å². The molecule has 0 amide bonds. The van der Waals surface area contributed by atoms with Gasteiger partial charge in [0.2, 0.25) is 0 Å². The molecular formula is C15H11IO2. The third-order valence-electron chi connectivity index (χ3n) is 2.42. The standard InChI is InChI=1S/C15H11IO2/c1-2-15(17)18-14-9-5-12(6-10-14)11-3-7-13(16)8-4-11/h2-10H,1H2. The Bertz CT molecular complexity index is 556. The zero-order chi connectivity index (χ0) is 13.0. The molecule has 0 unspecified atom stereocenters. The maximum atomic E-state index is 11.0. The van der Waals surface area contributed by atoms with Gasteiger partial charge in [-0.25, -0.2) is 4.79 Å². The molecule has 2 rings (SSSR count). The van der Waals surface area contributed by atoms with Gasteiger partial charge in [0.05, 0.1) is 0 Å². The second-order valence-corrected chi connectivity index (χ2v) is 4.90. The van der Waals surface area contributed by atoms with Crippen molar-refractivity contribution < 1.29 is 9.53 Å². The molecule has 0 N–H and O–H groups in total. The van der Waals surface area contributed by atoms with Crippen LogP contribution in [0.15, 0.2) is 61.2 Å². The van der Waals surface area contributed by atoms with Crippen molar-refractivity contribution in [2.45, 2.75) is 0 Å². The summed E-state index contributed by atoms with van der Waals surface area (Å²) in [5.41, 5.74) is 2.22. The molecule has 0 heterocycles. The summed E-state index contributed by atoms with van der Waals surface area (Å²) in [4.78, 5) is 11.0. The van der Waals surface area contributed by atoms with E-state index in [-0.39, 0.29) is 0 Å². The van der Waals surface area contributed by atoms with Crippen molar-refractivity contribution in [1.29, 1.82) is 0 Å². The van der Waals surface area contributed by atoms with E-state index in [1.807, 2.05) is 12.1 Å². The summed E-state index contributed by atoms with van der Waals surface area (Å²) >= 11 is 2.27. The molecule has 0 aromatic heterocycles. The van der Waals surface area contributed by atoms with Gasteiger partial charge in [0.15, 0.2) is 0 Å². The van der Waals surface area contributed by atoms with E-state index in [0.29, 0.717) is 5.75 Å². The number of ether oxygens (including phenoxy) is 1. The number of hydrogen-bond acceptors (Lipinski definition) is 2. The summed E-state index contributed by atoms with van der Waals surface area (Å²) in [6, 6.07) is 15.6. The van der Waals surface area contributed by atoms with Crippen molar-refractivity contribution in [1.82, 2.24) is 0 Å². The van der Waals surface area contributed by atoms with Gasteiger partial charge < -0.3 is 4.74 Å². The van der Waals surface area contributed by atoms with Gasteiger partial charge in [-0.15, -0.1) is 0 Å². The molecule has 0 saturated heterocycles. The highest BCUT2D eigenvalue weighted by Gasteiger charge is 2.01. The molecule has 0 spiro atoms. The normalized spacial score (nSPS) is 9.83. The molecule has 18 heavy (non-hydrogen) atoms. The molecule has 0 aliphatic rings. The van der Waals surface area contributed by atoms with Gasteiger partial charge in [-0.1, -0.05) is 30.8 Å². The Kier molecular flexibility index (Phi) is 4.15. The highest BCUT2D eigenvalue weighted by atomic mass is 127. The average Bonchev–Trinajstić information content (AvgIpc) is 2.40. The molecule has 90 valence electrons. The lowest BCUT2D eigenvalue weighted by molar-refractivity contribution is -0.128. The Morgan fingerprint density at radius 2 is 1.50 bits per heavy atom. The van der Waals surface area contributed by atoms with E-state index in [9.17, 15) is 4.79 Å². The molecule has 0 atom stereocenters. The molecule has 2 aromatic rings. The summed E-state index contributed by atoms with van der Waals surface area (Å²) in [7, 11) is 0. The lowest BCUT2D eigenvalue weighted by atomic mass is 10.1. The SMILES string of the molecule is C=CC(=O)Oc1ccc(-c2ccc(I)cc2)cc1. The Labute approximate surface area is 119 Å². The predicted molar refractivity (Wildman–Crippen MR) is 80.4 cm³/mol. The molecule has 2 aromatic carbocycles. The van der Waals surface area contributed by atoms with Crippen LogP contribution >= 0.6 is 22.6 Å². The Balaban J connectivity index is 2.19. The van der Waals surface area contributed by atoms with E-state index in [0.717, 1.165) is 17.2 Å². The van der Waals surface area contributed by atoms with Gasteiger partial charge >= 0.3 is 5.97 Å². The number of halogens is 1. The van der Waals surface area contributed by atoms with Crippen molar-refractivity contribution in [2.24, 2.45) is 0 Å². The molecule has 0 aliphatic heterocycles. The minimum absolute atomic E-state index is 0.447. The number of benzene rings is 2. The maximum absolute atomic E-state index is 11.0. The monoisotopic (exact) mass is 350 g/mol. The van der Waals surface area contributed by atoms with Crippen LogP contribution in [0.2, 0.25) is 0 Å². The van der Waals surface area contributed by atoms with Crippen LogP contribution in [-0.2, 0) is 4.79 Å². The van der Waals surface area contributed by atoms with Crippen LogP contribution in [0.4, 0.5) is 0 Å². The Hall–Kier alpha value is -1.62. The van der Waals surface area contributed by atoms with Gasteiger partial charge in [0.25, 0.3) is 0 Å². The van der Waals surface area contributed by atoms with E-state index in [1.165, 1.54) is 3.57 Å². The third-order valence-corrected chi connectivity index (χ3v) is 3.14. The maximum Gasteiger partial charge on any atom is 0.335 e. The molecule has 0 radical (unpaired) electrons. The average molecular weight is 350 g/mol. The molecule has 2 nitrogen and oxygen atoms in total. The number of carbonyl (C=O) groups excluding carboxylic acids is 1. The Morgan fingerprint density at radius 3 is 2.00 bits per heavy atom. The molecule has 0 saturated carbocycles.